The number of thiophene rings is 1. The molecule has 0 nitrogen and oxygen atoms in total. The van der Waals surface area contributed by atoms with E-state index < -0.39 is 0 Å². The van der Waals surface area contributed by atoms with E-state index in [4.69, 9.17) is 0 Å². The van der Waals surface area contributed by atoms with Crippen molar-refractivity contribution in [3.05, 3.63) is 43.3 Å². The van der Waals surface area contributed by atoms with Crippen LogP contribution in [0.25, 0.3) is 10.4 Å². The summed E-state index contributed by atoms with van der Waals surface area (Å²) in [6.45, 7) is 4.57. The summed E-state index contributed by atoms with van der Waals surface area (Å²) < 4.78 is 2.65. The minimum absolute atomic E-state index is 0.678. The lowest BCUT2D eigenvalue weighted by Gasteiger charge is -2.20. The maximum atomic E-state index is 3.90. The number of rotatable bonds is 7. The first-order valence-corrected chi connectivity index (χ1v) is 10.4. The normalized spacial score (nSPS) is 12.6. The second-order valence-corrected chi connectivity index (χ2v) is 8.45. The van der Waals surface area contributed by atoms with Gasteiger partial charge in [0.25, 0.3) is 0 Å². The third-order valence-electron chi connectivity index (χ3n) is 3.84. The number of halogens is 2. The third kappa shape index (κ3) is 4.55. The molecule has 0 aliphatic rings. The van der Waals surface area contributed by atoms with Gasteiger partial charge in [0.15, 0.2) is 0 Å². The number of hydrogen-bond acceptors (Lipinski definition) is 1. The second-order valence-electron chi connectivity index (χ2n) is 5.46. The highest BCUT2D eigenvalue weighted by Gasteiger charge is 2.18. The average Bonchev–Trinajstić information content (AvgIpc) is 2.99. The molecule has 3 heteroatoms. The number of unbranched alkanes of at least 4 members (excludes halogenated alkanes) is 1. The van der Waals surface area contributed by atoms with Gasteiger partial charge in [0.1, 0.15) is 0 Å². The van der Waals surface area contributed by atoms with E-state index in [0.29, 0.717) is 5.92 Å². The van der Waals surface area contributed by atoms with Gasteiger partial charge in [0, 0.05) is 18.5 Å². The Labute approximate surface area is 154 Å². The number of hydrogen-bond donors (Lipinski definition) is 0. The van der Waals surface area contributed by atoms with Gasteiger partial charge < -0.3 is 0 Å². The maximum Gasteiger partial charge on any atom is 0.0354 e. The van der Waals surface area contributed by atoms with Crippen LogP contribution in [0, 0.1) is 3.57 Å². The molecule has 1 unspecified atom stereocenters. The molecule has 0 spiro atoms. The molecule has 0 fully saturated rings. The van der Waals surface area contributed by atoms with E-state index in [2.05, 4.69) is 82.0 Å². The molecular weight excluding hydrogens is 455 g/mol. The monoisotopic (exact) mass is 476 g/mol. The Balaban J connectivity index is 2.42. The van der Waals surface area contributed by atoms with Gasteiger partial charge in [-0.2, -0.15) is 0 Å². The van der Waals surface area contributed by atoms with Gasteiger partial charge >= 0.3 is 0 Å². The van der Waals surface area contributed by atoms with Crippen molar-refractivity contribution < 1.29 is 0 Å². The highest BCUT2D eigenvalue weighted by Crippen LogP contribution is 2.40. The molecule has 0 aliphatic carbocycles. The van der Waals surface area contributed by atoms with Gasteiger partial charge in [-0.3, -0.25) is 0 Å². The minimum atomic E-state index is 0.678. The first-order valence-electron chi connectivity index (χ1n) is 7.70. The molecule has 21 heavy (non-hydrogen) atoms. The van der Waals surface area contributed by atoms with Gasteiger partial charge in [0.05, 0.1) is 0 Å². The zero-order valence-electron chi connectivity index (χ0n) is 12.7. The lowest BCUT2D eigenvalue weighted by molar-refractivity contribution is 0.539. The Kier molecular flexibility index (Phi) is 7.23. The van der Waals surface area contributed by atoms with Crippen molar-refractivity contribution in [1.82, 2.24) is 0 Å². The smallest absolute Gasteiger partial charge is 0.0354 e. The Morgan fingerprint density at radius 2 is 2.00 bits per heavy atom. The maximum absolute atomic E-state index is 3.90. The number of benzene rings is 1. The van der Waals surface area contributed by atoms with E-state index >= 15 is 0 Å². The van der Waals surface area contributed by atoms with Crippen molar-refractivity contribution in [1.29, 1.82) is 0 Å². The lowest BCUT2D eigenvalue weighted by Crippen LogP contribution is -2.01. The molecule has 1 atom stereocenters. The molecule has 0 amide bonds. The predicted molar refractivity (Wildman–Crippen MR) is 107 cm³/mol. The minimum Gasteiger partial charge on any atom is -0.144 e. The fourth-order valence-electron chi connectivity index (χ4n) is 2.77. The second kappa shape index (κ2) is 8.68. The molecule has 0 bridgehead atoms. The predicted octanol–water partition coefficient (Wildman–Crippen LogP) is 7.86. The summed E-state index contributed by atoms with van der Waals surface area (Å²) in [5.74, 6) is 0.678. The van der Waals surface area contributed by atoms with Crippen LogP contribution in [-0.4, -0.2) is 0 Å². The van der Waals surface area contributed by atoms with Gasteiger partial charge in [-0.25, -0.2) is 0 Å². The Morgan fingerprint density at radius 1 is 1.19 bits per heavy atom. The third-order valence-corrected chi connectivity index (χ3v) is 6.25. The largest absolute Gasteiger partial charge is 0.144 e. The zero-order chi connectivity index (χ0) is 15.2. The average molecular weight is 477 g/mol. The lowest BCUT2D eigenvalue weighted by atomic mass is 9.88. The van der Waals surface area contributed by atoms with Gasteiger partial charge in [-0.15, -0.1) is 11.3 Å². The molecule has 0 saturated carbocycles. The van der Waals surface area contributed by atoms with Gasteiger partial charge in [0.2, 0.25) is 0 Å². The summed E-state index contributed by atoms with van der Waals surface area (Å²) in [7, 11) is 0. The topological polar surface area (TPSA) is 0 Å². The Morgan fingerprint density at radius 3 is 2.62 bits per heavy atom. The molecule has 1 aromatic carbocycles. The fraction of sp³-hybridized carbons (Fsp3) is 0.444. The molecular formula is C18H22BrIS. The van der Waals surface area contributed by atoms with Crippen LogP contribution < -0.4 is 0 Å². The molecule has 0 radical (unpaired) electrons. The van der Waals surface area contributed by atoms with E-state index in [1.165, 1.54) is 56.2 Å². The van der Waals surface area contributed by atoms with E-state index in [-0.39, 0.29) is 0 Å². The van der Waals surface area contributed by atoms with Crippen molar-refractivity contribution in [2.24, 2.45) is 0 Å². The SMILES string of the molecule is CCCCC(CCC)c1cc(I)cc(-c2cccs2)c1Br. The molecule has 0 saturated heterocycles. The standard InChI is InChI=1S/C18H22BrIS/c1-3-5-8-13(7-4-2)15-11-14(20)12-16(18(15)19)17-9-6-10-21-17/h6,9-13H,3-5,7-8H2,1-2H3. The Bertz CT molecular complexity index is 563. The summed E-state index contributed by atoms with van der Waals surface area (Å²) in [5.41, 5.74) is 2.85. The molecule has 2 aromatic rings. The van der Waals surface area contributed by atoms with Crippen LogP contribution in [0.5, 0.6) is 0 Å². The van der Waals surface area contributed by atoms with E-state index in [0.717, 1.165) is 0 Å². The molecule has 0 N–H and O–H groups in total. The van der Waals surface area contributed by atoms with Crippen molar-refractivity contribution >= 4 is 49.9 Å². The van der Waals surface area contributed by atoms with E-state index in [1.54, 1.807) is 0 Å². The van der Waals surface area contributed by atoms with E-state index in [1.807, 2.05) is 11.3 Å². The summed E-state index contributed by atoms with van der Waals surface area (Å²) in [6.07, 6.45) is 6.42. The summed E-state index contributed by atoms with van der Waals surface area (Å²) >= 11 is 8.18. The van der Waals surface area contributed by atoms with Crippen LogP contribution >= 0.6 is 49.9 Å². The highest BCUT2D eigenvalue weighted by atomic mass is 127. The quantitative estimate of drug-likeness (QED) is 0.356. The van der Waals surface area contributed by atoms with Crippen LogP contribution in [0.15, 0.2) is 34.1 Å². The van der Waals surface area contributed by atoms with Crippen LogP contribution in [0.3, 0.4) is 0 Å². The molecule has 0 aliphatic heterocycles. The molecule has 2 rings (SSSR count). The molecule has 114 valence electrons. The van der Waals surface area contributed by atoms with Crippen LogP contribution in [-0.2, 0) is 0 Å². The van der Waals surface area contributed by atoms with Crippen molar-refractivity contribution in [3.63, 3.8) is 0 Å². The summed E-state index contributed by atoms with van der Waals surface area (Å²) in [6, 6.07) is 9.01. The summed E-state index contributed by atoms with van der Waals surface area (Å²) in [4.78, 5) is 1.35. The summed E-state index contributed by atoms with van der Waals surface area (Å²) in [5, 5.41) is 2.15. The molecule has 1 heterocycles. The first kappa shape index (κ1) is 17.5. The van der Waals surface area contributed by atoms with E-state index in [9.17, 15) is 0 Å². The van der Waals surface area contributed by atoms with Crippen LogP contribution in [0.4, 0.5) is 0 Å². The zero-order valence-corrected chi connectivity index (χ0v) is 17.2. The van der Waals surface area contributed by atoms with Crippen LogP contribution in [0.2, 0.25) is 0 Å². The van der Waals surface area contributed by atoms with Crippen molar-refractivity contribution in [2.75, 3.05) is 0 Å². The van der Waals surface area contributed by atoms with Crippen molar-refractivity contribution in [3.8, 4) is 10.4 Å². The Hall–Kier alpha value is 0.130. The fourth-order valence-corrected chi connectivity index (χ4v) is 5.07. The van der Waals surface area contributed by atoms with Crippen LogP contribution in [0.1, 0.15) is 57.4 Å². The molecule has 1 aromatic heterocycles. The first-order chi connectivity index (χ1) is 10.2. The van der Waals surface area contributed by atoms with Gasteiger partial charge in [-0.05, 0) is 86.4 Å². The van der Waals surface area contributed by atoms with Gasteiger partial charge in [-0.1, -0.05) is 39.2 Å². The van der Waals surface area contributed by atoms with Crippen molar-refractivity contribution in [2.45, 2.75) is 51.9 Å². The highest BCUT2D eigenvalue weighted by molar-refractivity contribution is 14.1.